The van der Waals surface area contributed by atoms with Crippen molar-refractivity contribution in [1.29, 1.82) is 0 Å². The summed E-state index contributed by atoms with van der Waals surface area (Å²) in [5.41, 5.74) is 12.1. The van der Waals surface area contributed by atoms with Gasteiger partial charge in [-0.15, -0.1) is 0 Å². The van der Waals surface area contributed by atoms with E-state index in [9.17, 15) is 0 Å². The lowest BCUT2D eigenvalue weighted by molar-refractivity contribution is 0.378. The second kappa shape index (κ2) is 4.93. The fourth-order valence-electron chi connectivity index (χ4n) is 2.63. The van der Waals surface area contributed by atoms with Gasteiger partial charge in [0.1, 0.15) is 0 Å². The third-order valence-corrected chi connectivity index (χ3v) is 3.68. The van der Waals surface area contributed by atoms with Crippen LogP contribution >= 0.6 is 0 Å². The minimum Gasteiger partial charge on any atom is -0.330 e. The second-order valence-electron chi connectivity index (χ2n) is 6.45. The highest BCUT2D eigenvalue weighted by Gasteiger charge is 2.18. The maximum absolute atomic E-state index is 5.88. The Kier molecular flexibility index (Phi) is 3.64. The molecule has 102 valence electrons. The van der Waals surface area contributed by atoms with Crippen molar-refractivity contribution >= 4 is 10.9 Å². The largest absolute Gasteiger partial charge is 0.330 e. The molecular formula is C17H24N2. The third kappa shape index (κ3) is 2.95. The van der Waals surface area contributed by atoms with Gasteiger partial charge >= 0.3 is 0 Å². The minimum atomic E-state index is 0.123. The number of benzene rings is 1. The van der Waals surface area contributed by atoms with Gasteiger partial charge in [0.25, 0.3) is 0 Å². The van der Waals surface area contributed by atoms with E-state index in [1.54, 1.807) is 0 Å². The Labute approximate surface area is 116 Å². The van der Waals surface area contributed by atoms with Crippen LogP contribution in [0.1, 0.15) is 36.2 Å². The van der Waals surface area contributed by atoms with E-state index in [0.29, 0.717) is 6.54 Å². The fourth-order valence-corrected chi connectivity index (χ4v) is 2.63. The van der Waals surface area contributed by atoms with E-state index >= 15 is 0 Å². The van der Waals surface area contributed by atoms with Gasteiger partial charge in [-0.3, -0.25) is 4.98 Å². The van der Waals surface area contributed by atoms with E-state index < -0.39 is 0 Å². The molecule has 0 aliphatic heterocycles. The van der Waals surface area contributed by atoms with Gasteiger partial charge in [-0.05, 0) is 62.4 Å². The highest BCUT2D eigenvalue weighted by molar-refractivity contribution is 5.86. The highest BCUT2D eigenvalue weighted by Crippen LogP contribution is 2.28. The molecular weight excluding hydrogens is 232 g/mol. The smallest absolute Gasteiger partial charge is 0.0737 e. The first-order valence-corrected chi connectivity index (χ1v) is 6.90. The molecule has 1 aromatic carbocycles. The summed E-state index contributed by atoms with van der Waals surface area (Å²) in [6.45, 7) is 11.5. The van der Waals surface area contributed by atoms with Crippen LogP contribution in [0.3, 0.4) is 0 Å². The fraction of sp³-hybridized carbons (Fsp3) is 0.471. The molecule has 0 radical (unpaired) electrons. The number of aryl methyl sites for hydroxylation is 3. The summed E-state index contributed by atoms with van der Waals surface area (Å²) in [5.74, 6) is 0. The van der Waals surface area contributed by atoms with Gasteiger partial charge in [-0.25, -0.2) is 0 Å². The summed E-state index contributed by atoms with van der Waals surface area (Å²) in [6, 6.07) is 6.65. The third-order valence-electron chi connectivity index (χ3n) is 3.68. The van der Waals surface area contributed by atoms with E-state index in [0.717, 1.165) is 17.6 Å². The van der Waals surface area contributed by atoms with Crippen molar-refractivity contribution in [1.82, 2.24) is 4.98 Å². The molecule has 2 aromatic rings. The molecule has 0 saturated carbocycles. The molecule has 0 spiro atoms. The SMILES string of the molecule is Cc1cc(C)c2nc(C)cc(CC(C)(C)CN)c2c1. The molecule has 0 unspecified atom stereocenters. The molecule has 2 rings (SSSR count). The number of hydrogen-bond acceptors (Lipinski definition) is 2. The first-order valence-electron chi connectivity index (χ1n) is 6.90. The number of rotatable bonds is 3. The monoisotopic (exact) mass is 256 g/mol. The lowest BCUT2D eigenvalue weighted by Crippen LogP contribution is -2.26. The lowest BCUT2D eigenvalue weighted by atomic mass is 9.84. The lowest BCUT2D eigenvalue weighted by Gasteiger charge is -2.23. The molecule has 0 atom stereocenters. The van der Waals surface area contributed by atoms with Crippen molar-refractivity contribution in [3.63, 3.8) is 0 Å². The molecule has 19 heavy (non-hydrogen) atoms. The standard InChI is InChI=1S/C17H24N2/c1-11-6-12(2)16-15(7-11)14(8-13(3)19-16)9-17(4,5)10-18/h6-8H,9-10,18H2,1-5H3. The van der Waals surface area contributed by atoms with Crippen LogP contribution in [0.25, 0.3) is 10.9 Å². The van der Waals surface area contributed by atoms with E-state index in [-0.39, 0.29) is 5.41 Å². The summed E-state index contributed by atoms with van der Waals surface area (Å²) in [4.78, 5) is 4.70. The predicted molar refractivity (Wildman–Crippen MR) is 82.5 cm³/mol. The van der Waals surface area contributed by atoms with Crippen LogP contribution in [0.2, 0.25) is 0 Å². The summed E-state index contributed by atoms with van der Waals surface area (Å²) in [5, 5.41) is 1.28. The van der Waals surface area contributed by atoms with E-state index in [1.165, 1.54) is 22.1 Å². The molecule has 1 heterocycles. The Balaban J connectivity index is 2.66. The number of nitrogens with zero attached hydrogens (tertiary/aromatic N) is 1. The van der Waals surface area contributed by atoms with Gasteiger partial charge in [-0.1, -0.05) is 25.5 Å². The summed E-state index contributed by atoms with van der Waals surface area (Å²) in [6.07, 6.45) is 0.992. The highest BCUT2D eigenvalue weighted by atomic mass is 14.7. The van der Waals surface area contributed by atoms with Gasteiger partial charge in [0.05, 0.1) is 5.52 Å². The van der Waals surface area contributed by atoms with Crippen LogP contribution in [0.4, 0.5) is 0 Å². The Bertz CT molecular complexity index is 612. The average Bonchev–Trinajstić information content (AvgIpc) is 2.30. The first-order chi connectivity index (χ1) is 8.82. The van der Waals surface area contributed by atoms with Crippen LogP contribution in [0, 0.1) is 26.2 Å². The minimum absolute atomic E-state index is 0.123. The van der Waals surface area contributed by atoms with Crippen molar-refractivity contribution in [2.75, 3.05) is 6.54 Å². The normalized spacial score (nSPS) is 12.1. The van der Waals surface area contributed by atoms with Gasteiger partial charge in [0.2, 0.25) is 0 Å². The molecule has 2 heteroatoms. The van der Waals surface area contributed by atoms with Crippen LogP contribution in [0.5, 0.6) is 0 Å². The number of aromatic nitrogens is 1. The van der Waals surface area contributed by atoms with Crippen LogP contribution in [-0.4, -0.2) is 11.5 Å². The summed E-state index contributed by atoms with van der Waals surface area (Å²) < 4.78 is 0. The van der Waals surface area contributed by atoms with Gasteiger partial charge in [-0.2, -0.15) is 0 Å². The van der Waals surface area contributed by atoms with Gasteiger partial charge < -0.3 is 5.73 Å². The topological polar surface area (TPSA) is 38.9 Å². The summed E-state index contributed by atoms with van der Waals surface area (Å²) >= 11 is 0. The second-order valence-corrected chi connectivity index (χ2v) is 6.45. The van der Waals surface area contributed by atoms with Crippen LogP contribution < -0.4 is 5.73 Å². The Morgan fingerprint density at radius 3 is 2.42 bits per heavy atom. The molecule has 2 nitrogen and oxygen atoms in total. The van der Waals surface area contributed by atoms with Gasteiger partial charge in [0, 0.05) is 11.1 Å². The molecule has 2 N–H and O–H groups in total. The summed E-state index contributed by atoms with van der Waals surface area (Å²) in [7, 11) is 0. The number of nitrogens with two attached hydrogens (primary N) is 1. The van der Waals surface area contributed by atoms with Crippen molar-refractivity contribution in [2.45, 2.75) is 41.0 Å². The molecule has 0 aliphatic carbocycles. The number of hydrogen-bond donors (Lipinski definition) is 1. The Hall–Kier alpha value is -1.41. The maximum atomic E-state index is 5.88. The zero-order chi connectivity index (χ0) is 14.2. The van der Waals surface area contributed by atoms with Crippen LogP contribution in [0.15, 0.2) is 18.2 Å². The molecule has 0 fully saturated rings. The maximum Gasteiger partial charge on any atom is 0.0737 e. The zero-order valence-corrected chi connectivity index (χ0v) is 12.7. The van der Waals surface area contributed by atoms with Crippen molar-refractivity contribution in [3.05, 3.63) is 40.6 Å². The average molecular weight is 256 g/mol. The first kappa shape index (κ1) is 14.0. The van der Waals surface area contributed by atoms with Crippen LogP contribution in [-0.2, 0) is 6.42 Å². The van der Waals surface area contributed by atoms with Crippen molar-refractivity contribution in [2.24, 2.45) is 11.1 Å². The van der Waals surface area contributed by atoms with E-state index in [1.807, 2.05) is 0 Å². The van der Waals surface area contributed by atoms with Gasteiger partial charge in [0.15, 0.2) is 0 Å². The number of pyridine rings is 1. The predicted octanol–water partition coefficient (Wildman–Crippen LogP) is 3.69. The van der Waals surface area contributed by atoms with Crippen molar-refractivity contribution in [3.8, 4) is 0 Å². The van der Waals surface area contributed by atoms with E-state index in [2.05, 4.69) is 52.8 Å². The quantitative estimate of drug-likeness (QED) is 0.909. The molecule has 1 aromatic heterocycles. The molecule has 0 amide bonds. The molecule has 0 saturated heterocycles. The van der Waals surface area contributed by atoms with Crippen molar-refractivity contribution < 1.29 is 0 Å². The Morgan fingerprint density at radius 1 is 1.11 bits per heavy atom. The molecule has 0 bridgehead atoms. The zero-order valence-electron chi connectivity index (χ0n) is 12.7. The number of fused-ring (bicyclic) bond motifs is 1. The Morgan fingerprint density at radius 2 is 1.79 bits per heavy atom. The van der Waals surface area contributed by atoms with E-state index in [4.69, 9.17) is 10.7 Å². The molecule has 0 aliphatic rings.